The van der Waals surface area contributed by atoms with Gasteiger partial charge in [-0.1, -0.05) is 56.3 Å². The van der Waals surface area contributed by atoms with E-state index in [1.165, 1.54) is 23.3 Å². The molecule has 0 aliphatic heterocycles. The fourth-order valence-electron chi connectivity index (χ4n) is 3.72. The molecule has 0 aliphatic carbocycles. The summed E-state index contributed by atoms with van der Waals surface area (Å²) in [6.07, 6.45) is 2.27. The fourth-order valence-corrected chi connectivity index (χ4v) is 4.23. The van der Waals surface area contributed by atoms with Crippen LogP contribution in [0.25, 0.3) is 11.1 Å². The second-order valence-corrected chi connectivity index (χ2v) is 9.24. The molecule has 1 amide bonds. The van der Waals surface area contributed by atoms with E-state index in [0.717, 1.165) is 29.8 Å². The molecule has 0 radical (unpaired) electrons. The molecule has 0 spiro atoms. The van der Waals surface area contributed by atoms with Crippen molar-refractivity contribution in [3.8, 4) is 11.1 Å². The smallest absolute Gasteiger partial charge is 0.286 e. The van der Waals surface area contributed by atoms with Crippen LogP contribution in [0.4, 0.5) is 0 Å². The van der Waals surface area contributed by atoms with Crippen molar-refractivity contribution >= 4 is 15.9 Å². The van der Waals surface area contributed by atoms with Crippen molar-refractivity contribution in [2.45, 2.75) is 44.6 Å². The summed E-state index contributed by atoms with van der Waals surface area (Å²) in [5.74, 6) is -0.0481. The summed E-state index contributed by atoms with van der Waals surface area (Å²) < 4.78 is 24.8. The molecule has 0 saturated heterocycles. The molecule has 6 nitrogen and oxygen atoms in total. The van der Waals surface area contributed by atoms with Crippen molar-refractivity contribution in [2.24, 2.45) is 5.14 Å². The number of nitrogens with one attached hydrogen (secondary N) is 1. The van der Waals surface area contributed by atoms with E-state index in [1.54, 1.807) is 12.1 Å². The van der Waals surface area contributed by atoms with Gasteiger partial charge < -0.3 is 5.32 Å². The highest BCUT2D eigenvalue weighted by Crippen LogP contribution is 2.20. The monoisotopic (exact) mass is 452 g/mol. The lowest BCUT2D eigenvalue weighted by Gasteiger charge is -2.11. The Morgan fingerprint density at radius 1 is 0.906 bits per heavy atom. The van der Waals surface area contributed by atoms with Crippen molar-refractivity contribution in [1.82, 2.24) is 5.32 Å². The first-order valence-electron chi connectivity index (χ1n) is 10.8. The molecule has 3 rings (SSSR count). The van der Waals surface area contributed by atoms with E-state index < -0.39 is 10.0 Å². The summed E-state index contributed by atoms with van der Waals surface area (Å²) in [4.78, 5) is 12.7. The van der Waals surface area contributed by atoms with Gasteiger partial charge in [0.15, 0.2) is 11.4 Å². The summed E-state index contributed by atoms with van der Waals surface area (Å²) in [7, 11) is -3.69. The number of rotatable bonds is 9. The lowest BCUT2D eigenvalue weighted by atomic mass is 10.0. The lowest BCUT2D eigenvalue weighted by molar-refractivity contribution is -0.698. The zero-order valence-electron chi connectivity index (χ0n) is 18.5. The first kappa shape index (κ1) is 23.6. The molecule has 3 N–H and O–H groups in total. The number of pyridine rings is 1. The topological polar surface area (TPSA) is 93.1 Å². The zero-order valence-corrected chi connectivity index (χ0v) is 19.4. The normalized spacial score (nSPS) is 11.3. The molecule has 32 heavy (non-hydrogen) atoms. The number of nitrogens with two attached hydrogens (primary N) is 1. The number of sulfonamides is 1. The van der Waals surface area contributed by atoms with Crippen molar-refractivity contribution < 1.29 is 17.8 Å². The molecular formula is C25H30N3O3S+. The molecule has 168 valence electrons. The summed E-state index contributed by atoms with van der Waals surface area (Å²) in [6.45, 7) is 4.94. The predicted molar refractivity (Wildman–Crippen MR) is 125 cm³/mol. The number of primary sulfonamides is 1. The molecule has 0 atom stereocenters. The minimum absolute atomic E-state index is 0.0481. The van der Waals surface area contributed by atoms with Crippen LogP contribution >= 0.6 is 0 Å². The van der Waals surface area contributed by atoms with Crippen LogP contribution in [-0.2, 0) is 40.6 Å². The van der Waals surface area contributed by atoms with Gasteiger partial charge in [-0.25, -0.2) is 13.6 Å². The number of nitrogens with zero attached hydrogens (tertiary/aromatic N) is 1. The Hall–Kier alpha value is -3.03. The first-order chi connectivity index (χ1) is 15.3. The molecular weight excluding hydrogens is 422 g/mol. The molecule has 3 aromatic rings. The van der Waals surface area contributed by atoms with Crippen molar-refractivity contribution in [3.05, 3.63) is 83.7 Å². The average molecular weight is 453 g/mol. The number of aromatic nitrogens is 1. The Bertz CT molecular complexity index is 1150. The number of benzene rings is 2. The van der Waals surface area contributed by atoms with Gasteiger partial charge >= 0.3 is 0 Å². The highest BCUT2D eigenvalue weighted by atomic mass is 32.2. The van der Waals surface area contributed by atoms with Gasteiger partial charge in [0.05, 0.1) is 4.90 Å². The third-order valence-electron chi connectivity index (χ3n) is 5.46. The van der Waals surface area contributed by atoms with Crippen LogP contribution in [0.15, 0.2) is 71.6 Å². The molecule has 7 heteroatoms. The number of hydrogen-bond donors (Lipinski definition) is 2. The van der Waals surface area contributed by atoms with Gasteiger partial charge in [-0.05, 0) is 35.2 Å². The van der Waals surface area contributed by atoms with Crippen LogP contribution in [-0.4, -0.2) is 20.9 Å². The van der Waals surface area contributed by atoms with Gasteiger partial charge in [0.25, 0.3) is 5.91 Å². The van der Waals surface area contributed by atoms with Crippen molar-refractivity contribution in [2.75, 3.05) is 6.54 Å². The van der Waals surface area contributed by atoms with E-state index in [-0.39, 0.29) is 17.3 Å². The SMILES string of the molecule is CCc1cc(-c2ccccc2)cc(CC)[n+]1CC(=O)NCCc1ccc(S(N)(=O)=O)cc1. The van der Waals surface area contributed by atoms with Crippen LogP contribution in [0.1, 0.15) is 30.8 Å². The average Bonchev–Trinajstić information content (AvgIpc) is 2.79. The second kappa shape index (κ2) is 10.5. The molecule has 1 aromatic heterocycles. The van der Waals surface area contributed by atoms with Crippen molar-refractivity contribution in [3.63, 3.8) is 0 Å². The Kier molecular flexibility index (Phi) is 7.77. The van der Waals surface area contributed by atoms with Gasteiger partial charge in [0.2, 0.25) is 16.6 Å². The molecule has 0 fully saturated rings. The van der Waals surface area contributed by atoms with Crippen LogP contribution < -0.4 is 15.0 Å². The highest BCUT2D eigenvalue weighted by molar-refractivity contribution is 7.89. The van der Waals surface area contributed by atoms with Crippen LogP contribution in [0.2, 0.25) is 0 Å². The number of amides is 1. The number of carbonyl (C=O) groups is 1. The van der Waals surface area contributed by atoms with Crippen molar-refractivity contribution in [1.29, 1.82) is 0 Å². The standard InChI is InChI=1S/C25H29N3O3S/c1-3-22-16-21(20-8-6-5-7-9-20)17-23(4-2)28(22)18-25(29)27-15-14-19-10-12-24(13-11-19)32(26,30)31/h5-13,16-17H,3-4,14-15,18H2,1-2H3,(H2-,26,27,29,30,31)/p+1. The van der Waals surface area contributed by atoms with E-state index in [4.69, 9.17) is 5.14 Å². The van der Waals surface area contributed by atoms with Gasteiger partial charge in [-0.2, -0.15) is 4.57 Å². The number of aryl methyl sites for hydroxylation is 2. The van der Waals surface area contributed by atoms with Gasteiger partial charge in [0.1, 0.15) is 0 Å². The van der Waals surface area contributed by atoms with Crippen LogP contribution in [0, 0.1) is 0 Å². The number of hydrogen-bond acceptors (Lipinski definition) is 3. The quantitative estimate of drug-likeness (QED) is 0.489. The highest BCUT2D eigenvalue weighted by Gasteiger charge is 2.20. The fraction of sp³-hybridized carbons (Fsp3) is 0.280. The lowest BCUT2D eigenvalue weighted by Crippen LogP contribution is -2.49. The molecule has 0 saturated carbocycles. The number of carbonyl (C=O) groups excluding carboxylic acids is 1. The summed E-state index contributed by atoms with van der Waals surface area (Å²) >= 11 is 0. The third-order valence-corrected chi connectivity index (χ3v) is 6.39. The van der Waals surface area contributed by atoms with Gasteiger partial charge in [0, 0.05) is 31.5 Å². The van der Waals surface area contributed by atoms with Gasteiger partial charge in [-0.3, -0.25) is 4.79 Å². The minimum atomic E-state index is -3.69. The van der Waals surface area contributed by atoms with E-state index in [9.17, 15) is 13.2 Å². The Labute approximate surface area is 190 Å². The first-order valence-corrected chi connectivity index (χ1v) is 12.4. The predicted octanol–water partition coefficient (Wildman–Crippen LogP) is 2.77. The largest absolute Gasteiger partial charge is 0.350 e. The van der Waals surface area contributed by atoms with E-state index >= 15 is 0 Å². The molecule has 2 aromatic carbocycles. The minimum Gasteiger partial charge on any atom is -0.350 e. The zero-order chi connectivity index (χ0) is 23.1. The Balaban J connectivity index is 1.66. The molecule has 0 unspecified atom stereocenters. The molecule has 1 heterocycles. The molecule has 0 aliphatic rings. The maximum Gasteiger partial charge on any atom is 0.286 e. The molecule has 0 bridgehead atoms. The summed E-state index contributed by atoms with van der Waals surface area (Å²) in [6, 6.07) is 21.0. The summed E-state index contributed by atoms with van der Waals surface area (Å²) in [5.41, 5.74) is 5.51. The van der Waals surface area contributed by atoms with Crippen LogP contribution in [0.3, 0.4) is 0 Å². The van der Waals surface area contributed by atoms with Crippen LogP contribution in [0.5, 0.6) is 0 Å². The van der Waals surface area contributed by atoms with E-state index in [2.05, 4.69) is 48.0 Å². The summed E-state index contributed by atoms with van der Waals surface area (Å²) in [5, 5.41) is 8.09. The van der Waals surface area contributed by atoms with Gasteiger partial charge in [-0.15, -0.1) is 0 Å². The maximum atomic E-state index is 12.7. The Morgan fingerprint density at radius 3 is 2.03 bits per heavy atom. The second-order valence-electron chi connectivity index (χ2n) is 7.67. The Morgan fingerprint density at radius 2 is 1.50 bits per heavy atom. The van der Waals surface area contributed by atoms with E-state index in [1.807, 2.05) is 18.2 Å². The third kappa shape index (κ3) is 6.02. The maximum absolute atomic E-state index is 12.7. The van der Waals surface area contributed by atoms with E-state index in [0.29, 0.717) is 13.0 Å².